The van der Waals surface area contributed by atoms with Crippen molar-refractivity contribution in [2.24, 2.45) is 5.92 Å². The van der Waals surface area contributed by atoms with Crippen molar-refractivity contribution in [1.82, 2.24) is 4.90 Å². The Morgan fingerprint density at radius 2 is 1.33 bits per heavy atom. The molecule has 2 aliphatic rings. The van der Waals surface area contributed by atoms with Gasteiger partial charge in [0.15, 0.2) is 0 Å². The SMILES string of the molecule is CC.CC.CC1CC2COCC(C1)N2C. The van der Waals surface area contributed by atoms with Gasteiger partial charge in [-0.25, -0.2) is 0 Å². The van der Waals surface area contributed by atoms with Crippen LogP contribution in [0.15, 0.2) is 0 Å². The van der Waals surface area contributed by atoms with Crippen LogP contribution >= 0.6 is 0 Å². The first kappa shape index (κ1) is 14.9. The lowest BCUT2D eigenvalue weighted by molar-refractivity contribution is -0.0724. The van der Waals surface area contributed by atoms with E-state index in [0.29, 0.717) is 12.1 Å². The van der Waals surface area contributed by atoms with Gasteiger partial charge in [-0.15, -0.1) is 0 Å². The molecule has 0 radical (unpaired) electrons. The van der Waals surface area contributed by atoms with Gasteiger partial charge < -0.3 is 4.74 Å². The Hall–Kier alpha value is -0.0800. The molecule has 2 bridgehead atoms. The van der Waals surface area contributed by atoms with E-state index >= 15 is 0 Å². The third-order valence-electron chi connectivity index (χ3n) is 3.12. The van der Waals surface area contributed by atoms with Crippen molar-refractivity contribution in [2.75, 3.05) is 20.3 Å². The Morgan fingerprint density at radius 3 is 1.73 bits per heavy atom. The molecule has 0 spiro atoms. The molecule has 0 aromatic rings. The van der Waals surface area contributed by atoms with Crippen molar-refractivity contribution in [2.45, 2.75) is 59.5 Å². The van der Waals surface area contributed by atoms with E-state index in [4.69, 9.17) is 4.74 Å². The molecule has 0 N–H and O–H groups in total. The Labute approximate surface area is 96.0 Å². The lowest BCUT2D eigenvalue weighted by atomic mass is 9.87. The first-order chi connectivity index (χ1) is 7.27. The number of nitrogens with zero attached hydrogens (tertiary/aromatic N) is 1. The number of likely N-dealkylation sites (N-methyl/N-ethyl adjacent to an activating group) is 1. The molecule has 2 saturated heterocycles. The molecule has 2 atom stereocenters. The molecule has 2 fully saturated rings. The van der Waals surface area contributed by atoms with E-state index in [2.05, 4.69) is 18.9 Å². The standard InChI is InChI=1S/C9H17NO.2C2H6/c1-7-3-8-5-11-6-9(4-7)10(8)2;2*1-2/h7-9H,3-6H2,1-2H3;2*1-2H3. The first-order valence-electron chi connectivity index (χ1n) is 6.57. The molecule has 0 aromatic carbocycles. The maximum atomic E-state index is 5.51. The molecule has 0 aliphatic carbocycles. The minimum absolute atomic E-state index is 0.706. The first-order valence-corrected chi connectivity index (χ1v) is 6.57. The van der Waals surface area contributed by atoms with Crippen LogP contribution in [0.3, 0.4) is 0 Å². The Balaban J connectivity index is 0.000000442. The number of hydrogen-bond acceptors (Lipinski definition) is 2. The molecule has 2 heterocycles. The molecule has 2 aliphatic heterocycles. The van der Waals surface area contributed by atoms with E-state index in [0.717, 1.165) is 19.1 Å². The molecule has 2 nitrogen and oxygen atoms in total. The summed E-state index contributed by atoms with van der Waals surface area (Å²) >= 11 is 0. The normalized spacial score (nSPS) is 34.4. The average Bonchev–Trinajstić information content (AvgIpc) is 2.26. The summed E-state index contributed by atoms with van der Waals surface area (Å²) in [6.07, 6.45) is 2.65. The van der Waals surface area contributed by atoms with Crippen LogP contribution in [-0.2, 0) is 4.74 Å². The summed E-state index contributed by atoms with van der Waals surface area (Å²) in [7, 11) is 2.24. The number of morpholine rings is 1. The number of piperidine rings is 1. The van der Waals surface area contributed by atoms with Gasteiger partial charge in [-0.05, 0) is 25.8 Å². The van der Waals surface area contributed by atoms with Crippen molar-refractivity contribution in [1.29, 1.82) is 0 Å². The third kappa shape index (κ3) is 4.12. The van der Waals surface area contributed by atoms with E-state index in [-0.39, 0.29) is 0 Å². The van der Waals surface area contributed by atoms with Gasteiger partial charge in [-0.1, -0.05) is 34.6 Å². The van der Waals surface area contributed by atoms with Crippen LogP contribution < -0.4 is 0 Å². The maximum Gasteiger partial charge on any atom is 0.0622 e. The van der Waals surface area contributed by atoms with Gasteiger partial charge in [0, 0.05) is 12.1 Å². The lowest BCUT2D eigenvalue weighted by Crippen LogP contribution is -2.54. The molecule has 2 unspecified atom stereocenters. The zero-order valence-corrected chi connectivity index (χ0v) is 11.4. The quantitative estimate of drug-likeness (QED) is 0.615. The molecule has 0 amide bonds. The third-order valence-corrected chi connectivity index (χ3v) is 3.12. The van der Waals surface area contributed by atoms with E-state index < -0.39 is 0 Å². The lowest BCUT2D eigenvalue weighted by Gasteiger charge is -2.45. The predicted octanol–water partition coefficient (Wildman–Crippen LogP) is 3.17. The van der Waals surface area contributed by atoms with E-state index in [1.54, 1.807) is 0 Å². The van der Waals surface area contributed by atoms with Crippen LogP contribution in [0.1, 0.15) is 47.5 Å². The second-order valence-corrected chi connectivity index (χ2v) is 4.09. The van der Waals surface area contributed by atoms with Gasteiger partial charge in [0.25, 0.3) is 0 Å². The fraction of sp³-hybridized carbons (Fsp3) is 1.00. The minimum atomic E-state index is 0.706. The molecular weight excluding hydrogens is 186 g/mol. The van der Waals surface area contributed by atoms with Crippen LogP contribution in [-0.4, -0.2) is 37.2 Å². The molecule has 2 rings (SSSR count). The van der Waals surface area contributed by atoms with Gasteiger partial charge in [-0.3, -0.25) is 4.90 Å². The Kier molecular flexibility index (Phi) is 8.07. The van der Waals surface area contributed by atoms with Crippen molar-refractivity contribution < 1.29 is 4.74 Å². The van der Waals surface area contributed by atoms with Gasteiger partial charge in [0.05, 0.1) is 13.2 Å². The Morgan fingerprint density at radius 1 is 0.933 bits per heavy atom. The van der Waals surface area contributed by atoms with Gasteiger partial charge in [-0.2, -0.15) is 0 Å². The molecule has 92 valence electrons. The number of ether oxygens (including phenoxy) is 1. The number of fused-ring (bicyclic) bond motifs is 2. The summed E-state index contributed by atoms with van der Waals surface area (Å²) in [6.45, 7) is 12.3. The van der Waals surface area contributed by atoms with Crippen LogP contribution in [0.5, 0.6) is 0 Å². The highest BCUT2D eigenvalue weighted by molar-refractivity contribution is 4.88. The van der Waals surface area contributed by atoms with E-state index in [9.17, 15) is 0 Å². The summed E-state index contributed by atoms with van der Waals surface area (Å²) < 4.78 is 5.51. The number of rotatable bonds is 0. The maximum absolute atomic E-state index is 5.51. The van der Waals surface area contributed by atoms with E-state index in [1.807, 2.05) is 27.7 Å². The van der Waals surface area contributed by atoms with Gasteiger partial charge in [0.1, 0.15) is 0 Å². The predicted molar refractivity (Wildman–Crippen MR) is 67.3 cm³/mol. The molecule has 2 heteroatoms. The van der Waals surface area contributed by atoms with Crippen LogP contribution in [0, 0.1) is 5.92 Å². The molecule has 0 aromatic heterocycles. The smallest absolute Gasteiger partial charge is 0.0622 e. The fourth-order valence-electron chi connectivity index (χ4n) is 2.37. The molecule has 0 saturated carbocycles. The van der Waals surface area contributed by atoms with Crippen molar-refractivity contribution in [3.8, 4) is 0 Å². The van der Waals surface area contributed by atoms with Crippen molar-refractivity contribution >= 4 is 0 Å². The topological polar surface area (TPSA) is 12.5 Å². The second-order valence-electron chi connectivity index (χ2n) is 4.09. The van der Waals surface area contributed by atoms with Crippen LogP contribution in [0.25, 0.3) is 0 Å². The molecule has 15 heavy (non-hydrogen) atoms. The minimum Gasteiger partial charge on any atom is -0.378 e. The van der Waals surface area contributed by atoms with Crippen molar-refractivity contribution in [3.05, 3.63) is 0 Å². The summed E-state index contributed by atoms with van der Waals surface area (Å²) in [5.41, 5.74) is 0. The Bertz CT molecular complexity index is 135. The summed E-state index contributed by atoms with van der Waals surface area (Å²) in [4.78, 5) is 2.50. The summed E-state index contributed by atoms with van der Waals surface area (Å²) in [5, 5.41) is 0. The highest BCUT2D eigenvalue weighted by atomic mass is 16.5. The van der Waals surface area contributed by atoms with Crippen LogP contribution in [0.4, 0.5) is 0 Å². The highest BCUT2D eigenvalue weighted by Crippen LogP contribution is 2.29. The van der Waals surface area contributed by atoms with Crippen molar-refractivity contribution in [3.63, 3.8) is 0 Å². The fourth-order valence-corrected chi connectivity index (χ4v) is 2.37. The monoisotopic (exact) mass is 215 g/mol. The summed E-state index contributed by atoms with van der Waals surface area (Å²) in [5.74, 6) is 0.907. The molecular formula is C13H29NO. The zero-order valence-electron chi connectivity index (χ0n) is 11.4. The van der Waals surface area contributed by atoms with Gasteiger partial charge in [0.2, 0.25) is 0 Å². The van der Waals surface area contributed by atoms with Crippen LogP contribution in [0.2, 0.25) is 0 Å². The zero-order chi connectivity index (χ0) is 11.8. The highest BCUT2D eigenvalue weighted by Gasteiger charge is 2.34. The van der Waals surface area contributed by atoms with Gasteiger partial charge >= 0.3 is 0 Å². The average molecular weight is 215 g/mol. The number of hydrogen-bond donors (Lipinski definition) is 0. The van der Waals surface area contributed by atoms with E-state index in [1.165, 1.54) is 12.8 Å². The second kappa shape index (κ2) is 8.12. The summed E-state index contributed by atoms with van der Waals surface area (Å²) in [6, 6.07) is 1.41. The largest absolute Gasteiger partial charge is 0.378 e.